The number of anilines is 1. The van der Waals surface area contributed by atoms with Gasteiger partial charge in [-0.25, -0.2) is 4.98 Å². The van der Waals surface area contributed by atoms with Gasteiger partial charge in [-0.05, 0) is 42.0 Å². The Morgan fingerprint density at radius 3 is 2.92 bits per heavy atom. The average molecular weight is 345 g/mol. The number of benzene rings is 2. The van der Waals surface area contributed by atoms with Gasteiger partial charge < -0.3 is 10.3 Å². The molecule has 0 saturated heterocycles. The summed E-state index contributed by atoms with van der Waals surface area (Å²) in [5, 5.41) is 7.06. The maximum Gasteiger partial charge on any atom is 0.266 e. The van der Waals surface area contributed by atoms with Crippen LogP contribution in [-0.2, 0) is 6.54 Å². The van der Waals surface area contributed by atoms with Gasteiger partial charge in [0.05, 0.1) is 23.8 Å². The van der Waals surface area contributed by atoms with Crippen LogP contribution in [0.25, 0.3) is 11.0 Å². The maximum absolute atomic E-state index is 12.5. The Hall–Kier alpha value is -3.74. The number of H-pyrrole nitrogens is 1. The number of carbonyl (C=O) groups excluding carboxylic acids is 1. The topological polar surface area (TPSA) is 92.7 Å². The minimum Gasteiger partial charge on any atom is -0.322 e. The van der Waals surface area contributed by atoms with Crippen LogP contribution in [0, 0.1) is 0 Å². The minimum atomic E-state index is -0.304. The molecule has 0 atom stereocenters. The van der Waals surface area contributed by atoms with Crippen molar-refractivity contribution >= 4 is 22.6 Å². The molecular weight excluding hydrogens is 330 g/mol. The Labute approximate surface area is 148 Å². The Morgan fingerprint density at radius 2 is 2.08 bits per heavy atom. The van der Waals surface area contributed by atoms with Crippen LogP contribution < -0.4 is 10.9 Å². The van der Waals surface area contributed by atoms with Crippen molar-refractivity contribution in [2.75, 3.05) is 5.32 Å². The highest BCUT2D eigenvalue weighted by molar-refractivity contribution is 6.05. The van der Waals surface area contributed by atoms with Crippen molar-refractivity contribution in [2.45, 2.75) is 6.54 Å². The predicted octanol–water partition coefficient (Wildman–Crippen LogP) is 2.42. The number of hydrogen-bond acceptors (Lipinski definition) is 4. The fraction of sp³-hybridized carbons (Fsp3) is 0.0526. The molecule has 7 heteroatoms. The number of carbonyl (C=O) groups is 1. The zero-order valence-electron chi connectivity index (χ0n) is 13.7. The van der Waals surface area contributed by atoms with Gasteiger partial charge in [-0.15, -0.1) is 0 Å². The van der Waals surface area contributed by atoms with Gasteiger partial charge in [0.25, 0.3) is 11.5 Å². The first-order chi connectivity index (χ1) is 12.7. The van der Waals surface area contributed by atoms with Crippen LogP contribution in [-0.4, -0.2) is 25.7 Å². The molecule has 2 heterocycles. The zero-order valence-corrected chi connectivity index (χ0v) is 13.7. The van der Waals surface area contributed by atoms with E-state index in [0.29, 0.717) is 28.8 Å². The van der Waals surface area contributed by atoms with E-state index in [0.717, 1.165) is 5.56 Å². The Balaban J connectivity index is 1.55. The van der Waals surface area contributed by atoms with Crippen LogP contribution in [0.4, 0.5) is 5.69 Å². The van der Waals surface area contributed by atoms with Crippen LogP contribution in [0.15, 0.2) is 71.9 Å². The summed E-state index contributed by atoms with van der Waals surface area (Å²) in [5.41, 5.74) is 3.01. The van der Waals surface area contributed by atoms with E-state index in [9.17, 15) is 9.59 Å². The number of amides is 1. The second-order valence-corrected chi connectivity index (χ2v) is 5.84. The van der Waals surface area contributed by atoms with Crippen molar-refractivity contribution < 1.29 is 4.79 Å². The summed E-state index contributed by atoms with van der Waals surface area (Å²) in [6, 6.07) is 14.5. The third-order valence-corrected chi connectivity index (χ3v) is 3.93. The molecule has 0 aliphatic rings. The first-order valence-corrected chi connectivity index (χ1v) is 8.04. The Morgan fingerprint density at radius 1 is 1.15 bits per heavy atom. The van der Waals surface area contributed by atoms with Crippen LogP contribution >= 0.6 is 0 Å². The normalized spacial score (nSPS) is 10.8. The lowest BCUT2D eigenvalue weighted by Crippen LogP contribution is -2.13. The fourth-order valence-corrected chi connectivity index (χ4v) is 2.71. The molecule has 0 aliphatic carbocycles. The van der Waals surface area contributed by atoms with E-state index in [-0.39, 0.29) is 11.5 Å². The minimum absolute atomic E-state index is 0.257. The van der Waals surface area contributed by atoms with E-state index in [4.69, 9.17) is 0 Å². The molecule has 2 aromatic heterocycles. The zero-order chi connectivity index (χ0) is 17.9. The van der Waals surface area contributed by atoms with Gasteiger partial charge in [0.2, 0.25) is 0 Å². The molecule has 4 rings (SSSR count). The third-order valence-electron chi connectivity index (χ3n) is 3.93. The summed E-state index contributed by atoms with van der Waals surface area (Å²) >= 11 is 0. The van der Waals surface area contributed by atoms with Crippen molar-refractivity contribution in [3.63, 3.8) is 0 Å². The second-order valence-electron chi connectivity index (χ2n) is 5.84. The van der Waals surface area contributed by atoms with Crippen molar-refractivity contribution in [2.24, 2.45) is 0 Å². The Kier molecular flexibility index (Phi) is 4.03. The second kappa shape index (κ2) is 6.64. The number of aromatic amines is 1. The molecule has 7 nitrogen and oxygen atoms in total. The highest BCUT2D eigenvalue weighted by Crippen LogP contribution is 2.15. The highest BCUT2D eigenvalue weighted by Gasteiger charge is 2.08. The smallest absolute Gasteiger partial charge is 0.266 e. The van der Waals surface area contributed by atoms with E-state index in [1.165, 1.54) is 6.20 Å². The van der Waals surface area contributed by atoms with Crippen LogP contribution in [0.1, 0.15) is 15.9 Å². The number of aromatic nitrogens is 4. The molecule has 128 valence electrons. The predicted molar refractivity (Wildman–Crippen MR) is 98.1 cm³/mol. The van der Waals surface area contributed by atoms with Crippen molar-refractivity contribution in [3.05, 3.63) is 88.6 Å². The molecule has 2 N–H and O–H groups in total. The summed E-state index contributed by atoms with van der Waals surface area (Å²) in [6.45, 7) is 0.625. The third kappa shape index (κ3) is 3.36. The summed E-state index contributed by atoms with van der Waals surface area (Å²) in [4.78, 5) is 30.6. The maximum atomic E-state index is 12.5. The molecule has 4 aromatic rings. The molecule has 0 radical (unpaired) electrons. The van der Waals surface area contributed by atoms with E-state index in [1.54, 1.807) is 24.4 Å². The van der Waals surface area contributed by atoms with Crippen LogP contribution in [0.5, 0.6) is 0 Å². The van der Waals surface area contributed by atoms with E-state index < -0.39 is 0 Å². The van der Waals surface area contributed by atoms with Gasteiger partial charge in [-0.3, -0.25) is 14.3 Å². The van der Waals surface area contributed by atoms with E-state index in [2.05, 4.69) is 20.4 Å². The first-order valence-electron chi connectivity index (χ1n) is 8.04. The molecule has 0 saturated carbocycles. The molecular formula is C19H15N5O2. The fourth-order valence-electron chi connectivity index (χ4n) is 2.71. The molecule has 2 aromatic carbocycles. The highest BCUT2D eigenvalue weighted by atomic mass is 16.1. The number of nitrogens with one attached hydrogen (secondary N) is 2. The molecule has 0 bridgehead atoms. The number of fused-ring (bicyclic) bond motifs is 1. The van der Waals surface area contributed by atoms with Gasteiger partial charge in [-0.2, -0.15) is 5.10 Å². The standard InChI is InChI=1S/C19H15N5O2/c25-18-11-20-16-6-5-14(10-17(16)23-18)19(26)22-15-4-1-3-13(9-15)12-24-8-2-7-21-24/h1-11H,12H2,(H,22,26)(H,23,25). The van der Waals surface area contributed by atoms with Crippen molar-refractivity contribution in [1.29, 1.82) is 0 Å². The van der Waals surface area contributed by atoms with Gasteiger partial charge in [0, 0.05) is 23.6 Å². The number of rotatable bonds is 4. The van der Waals surface area contributed by atoms with E-state index in [1.807, 2.05) is 41.2 Å². The monoisotopic (exact) mass is 345 g/mol. The quantitative estimate of drug-likeness (QED) is 0.594. The molecule has 0 fully saturated rings. The van der Waals surface area contributed by atoms with Crippen LogP contribution in [0.3, 0.4) is 0 Å². The first kappa shape index (κ1) is 15.8. The lowest BCUT2D eigenvalue weighted by molar-refractivity contribution is 0.102. The SMILES string of the molecule is O=C(Nc1cccc(Cn2cccn2)c1)c1ccc2ncc(=O)[nH]c2c1. The molecule has 0 unspecified atom stereocenters. The van der Waals surface area contributed by atoms with Gasteiger partial charge in [0.15, 0.2) is 0 Å². The largest absolute Gasteiger partial charge is 0.322 e. The van der Waals surface area contributed by atoms with Crippen molar-refractivity contribution in [3.8, 4) is 0 Å². The summed E-state index contributed by atoms with van der Waals surface area (Å²) < 4.78 is 1.81. The lowest BCUT2D eigenvalue weighted by Gasteiger charge is -2.08. The average Bonchev–Trinajstić information content (AvgIpc) is 3.14. The molecule has 0 spiro atoms. The summed E-state index contributed by atoms with van der Waals surface area (Å²) in [6.07, 6.45) is 4.83. The molecule has 26 heavy (non-hydrogen) atoms. The van der Waals surface area contributed by atoms with Gasteiger partial charge >= 0.3 is 0 Å². The summed E-state index contributed by atoms with van der Waals surface area (Å²) in [5.74, 6) is -0.257. The van der Waals surface area contributed by atoms with Crippen molar-refractivity contribution in [1.82, 2.24) is 19.7 Å². The number of nitrogens with zero attached hydrogens (tertiary/aromatic N) is 3. The van der Waals surface area contributed by atoms with E-state index >= 15 is 0 Å². The molecule has 1 amide bonds. The summed E-state index contributed by atoms with van der Waals surface area (Å²) in [7, 11) is 0. The Bertz CT molecular complexity index is 1130. The molecule has 0 aliphatic heterocycles. The van der Waals surface area contributed by atoms with Gasteiger partial charge in [0.1, 0.15) is 0 Å². The van der Waals surface area contributed by atoms with Gasteiger partial charge in [-0.1, -0.05) is 12.1 Å². The van der Waals surface area contributed by atoms with Crippen LogP contribution in [0.2, 0.25) is 0 Å². The lowest BCUT2D eigenvalue weighted by atomic mass is 10.1. The number of hydrogen-bond donors (Lipinski definition) is 2.